The first-order valence-electron chi connectivity index (χ1n) is 16.1. The molecule has 1 unspecified atom stereocenters. The van der Waals surface area contributed by atoms with Crippen LogP contribution in [-0.2, 0) is 14.3 Å². The van der Waals surface area contributed by atoms with Crippen LogP contribution in [0.1, 0.15) is 41.5 Å². The summed E-state index contributed by atoms with van der Waals surface area (Å²) < 4.78 is 33.1. The van der Waals surface area contributed by atoms with E-state index in [-0.39, 0.29) is 43.2 Å². The molecule has 5 rings (SSSR count). The predicted molar refractivity (Wildman–Crippen MR) is 182 cm³/mol. The van der Waals surface area contributed by atoms with Gasteiger partial charge in [0.2, 0.25) is 0 Å². The Balaban J connectivity index is 1.50. The van der Waals surface area contributed by atoms with E-state index in [1.807, 2.05) is 64.6 Å². The Labute approximate surface area is 273 Å². The molecule has 46 heavy (non-hydrogen) atoms. The number of carbonyl (C=O) groups excluding carboxylic acids is 2. The minimum absolute atomic E-state index is 0.0899. The van der Waals surface area contributed by atoms with E-state index in [9.17, 15) is 9.59 Å². The summed E-state index contributed by atoms with van der Waals surface area (Å²) in [6, 6.07) is 10.7. The minimum Gasteiger partial charge on any atom is -0.483 e. The number of hydrogen-bond donors (Lipinski definition) is 0. The summed E-state index contributed by atoms with van der Waals surface area (Å²) in [6.07, 6.45) is -0.352. The van der Waals surface area contributed by atoms with Gasteiger partial charge in [0.25, 0.3) is 5.91 Å². The van der Waals surface area contributed by atoms with E-state index < -0.39 is 19.7 Å². The van der Waals surface area contributed by atoms with Gasteiger partial charge in [-0.1, -0.05) is 37.8 Å². The Bertz CT molecular complexity index is 1510. The number of rotatable bonds is 7. The molecule has 1 saturated heterocycles. The van der Waals surface area contributed by atoms with E-state index in [2.05, 4.69) is 29.6 Å². The summed E-state index contributed by atoms with van der Waals surface area (Å²) in [5.74, 6) is 0.640. The van der Waals surface area contributed by atoms with Gasteiger partial charge >= 0.3 is 6.09 Å². The number of carbonyl (C=O) groups is 2. The monoisotopic (exact) mass is 653 g/mol. The zero-order valence-electron chi connectivity index (χ0n) is 28.6. The number of nitrogens with zero attached hydrogens (tertiary/aromatic N) is 5. The molecule has 0 N–H and O–H groups in total. The molecule has 1 fully saturated rings. The van der Waals surface area contributed by atoms with E-state index >= 15 is 4.39 Å². The lowest BCUT2D eigenvalue weighted by molar-refractivity contribution is -0.138. The van der Waals surface area contributed by atoms with Crippen LogP contribution < -0.4 is 14.5 Å². The van der Waals surface area contributed by atoms with Crippen molar-refractivity contribution in [3.8, 4) is 16.9 Å². The molecule has 3 atom stereocenters. The first-order chi connectivity index (χ1) is 21.5. The van der Waals surface area contributed by atoms with Gasteiger partial charge in [0.1, 0.15) is 36.5 Å². The molecule has 0 saturated carbocycles. The third-order valence-electron chi connectivity index (χ3n) is 8.50. The standard InChI is InChI=1S/C34H48FN5O5Si/c1-22-19-38(33(42)45-34(4,5)6)23(2)18-37(22)28-17-29-30(16-26(28)25-12-10-11-13-27(25)35)44-20-31-36-39(32(41)24(3)40(29)31)21-43-14-15-46(7,8)9/h10-13,16-17,22-24H,14-15,18-21H2,1-9H3/t22-,23+,24?/m1/s1. The Hall–Kier alpha value is -3.64. The Morgan fingerprint density at radius 2 is 1.76 bits per heavy atom. The van der Waals surface area contributed by atoms with Crippen molar-refractivity contribution < 1.29 is 28.2 Å². The van der Waals surface area contributed by atoms with E-state index in [1.54, 1.807) is 17.0 Å². The van der Waals surface area contributed by atoms with Gasteiger partial charge in [-0.05, 0) is 65.8 Å². The van der Waals surface area contributed by atoms with Gasteiger partial charge in [-0.2, -0.15) is 5.10 Å². The number of benzene rings is 2. The Kier molecular flexibility index (Phi) is 9.43. The van der Waals surface area contributed by atoms with Crippen molar-refractivity contribution in [1.29, 1.82) is 0 Å². The Morgan fingerprint density at radius 1 is 1.04 bits per heavy atom. The quantitative estimate of drug-likeness (QED) is 0.253. The smallest absolute Gasteiger partial charge is 0.410 e. The first-order valence-corrected chi connectivity index (χ1v) is 19.8. The van der Waals surface area contributed by atoms with Crippen LogP contribution in [0.4, 0.5) is 20.6 Å². The molecule has 0 bridgehead atoms. The maximum absolute atomic E-state index is 15.4. The normalized spacial score (nSPS) is 21.8. The molecule has 2 amide bonds. The second-order valence-electron chi connectivity index (χ2n) is 14.7. The zero-order valence-corrected chi connectivity index (χ0v) is 29.6. The van der Waals surface area contributed by atoms with Gasteiger partial charge < -0.3 is 28.9 Å². The van der Waals surface area contributed by atoms with Gasteiger partial charge in [0.05, 0.1) is 5.69 Å². The SMILES string of the molecule is CC1C(=O)N(COCC[Si](C)(C)C)N=C2COc3cc(-c4ccccc4F)c(N4C[C@H](C)N(C(=O)OC(C)(C)C)C[C@H]4C)cc3N21. The number of halogens is 1. The molecule has 0 aromatic heterocycles. The van der Waals surface area contributed by atoms with Crippen molar-refractivity contribution in [3.63, 3.8) is 0 Å². The number of piperazine rings is 1. The fourth-order valence-electron chi connectivity index (χ4n) is 6.03. The largest absolute Gasteiger partial charge is 0.483 e. The second kappa shape index (κ2) is 12.9. The number of amides is 2. The summed E-state index contributed by atoms with van der Waals surface area (Å²) >= 11 is 0. The van der Waals surface area contributed by atoms with Gasteiger partial charge in [0, 0.05) is 56.7 Å². The fraction of sp³-hybridized carbons (Fsp3) is 0.559. The van der Waals surface area contributed by atoms with Crippen LogP contribution in [0.3, 0.4) is 0 Å². The maximum Gasteiger partial charge on any atom is 0.410 e. The van der Waals surface area contributed by atoms with Crippen LogP contribution in [0.2, 0.25) is 25.7 Å². The van der Waals surface area contributed by atoms with Gasteiger partial charge in [0.15, 0.2) is 5.84 Å². The van der Waals surface area contributed by atoms with E-state index in [0.29, 0.717) is 48.1 Å². The number of ether oxygens (including phenoxy) is 3. The van der Waals surface area contributed by atoms with Crippen molar-refractivity contribution in [2.75, 3.05) is 42.8 Å². The number of hydrazone groups is 1. The number of amidine groups is 1. The van der Waals surface area contributed by atoms with Crippen LogP contribution in [0, 0.1) is 5.82 Å². The average Bonchev–Trinajstić information content (AvgIpc) is 2.96. The van der Waals surface area contributed by atoms with Crippen molar-refractivity contribution in [3.05, 3.63) is 42.2 Å². The van der Waals surface area contributed by atoms with Crippen LogP contribution in [0.15, 0.2) is 41.5 Å². The van der Waals surface area contributed by atoms with Crippen molar-refractivity contribution in [2.45, 2.75) is 91.0 Å². The zero-order chi connectivity index (χ0) is 33.6. The van der Waals surface area contributed by atoms with E-state index in [0.717, 1.165) is 11.7 Å². The van der Waals surface area contributed by atoms with Crippen molar-refractivity contribution in [1.82, 2.24) is 9.91 Å². The maximum atomic E-state index is 15.4. The lowest BCUT2D eigenvalue weighted by Gasteiger charge is -2.46. The average molecular weight is 654 g/mol. The van der Waals surface area contributed by atoms with Crippen molar-refractivity contribution in [2.24, 2.45) is 5.10 Å². The number of anilines is 2. The van der Waals surface area contributed by atoms with Crippen LogP contribution in [0.25, 0.3) is 11.1 Å². The van der Waals surface area contributed by atoms with Gasteiger partial charge in [-0.3, -0.25) is 4.79 Å². The summed E-state index contributed by atoms with van der Waals surface area (Å²) in [6.45, 7) is 20.1. The van der Waals surface area contributed by atoms with Crippen LogP contribution >= 0.6 is 0 Å². The Morgan fingerprint density at radius 3 is 2.43 bits per heavy atom. The summed E-state index contributed by atoms with van der Waals surface area (Å²) in [5.41, 5.74) is 1.99. The molecule has 3 aliphatic heterocycles. The highest BCUT2D eigenvalue weighted by molar-refractivity contribution is 6.76. The predicted octanol–water partition coefficient (Wildman–Crippen LogP) is 6.38. The molecule has 0 spiro atoms. The summed E-state index contributed by atoms with van der Waals surface area (Å²) in [5, 5.41) is 6.04. The molecule has 12 heteroatoms. The highest BCUT2D eigenvalue weighted by Crippen LogP contribution is 2.46. The second-order valence-corrected chi connectivity index (χ2v) is 20.4. The molecule has 2 aromatic rings. The molecule has 10 nitrogen and oxygen atoms in total. The number of fused-ring (bicyclic) bond motifs is 3. The summed E-state index contributed by atoms with van der Waals surface area (Å²) in [7, 11) is -1.27. The molecule has 0 aliphatic carbocycles. The highest BCUT2D eigenvalue weighted by atomic mass is 28.3. The van der Waals surface area contributed by atoms with E-state index in [4.69, 9.17) is 14.2 Å². The lowest BCUT2D eigenvalue weighted by atomic mass is 9.97. The van der Waals surface area contributed by atoms with Gasteiger partial charge in [-0.15, -0.1) is 0 Å². The third-order valence-corrected chi connectivity index (χ3v) is 10.2. The molecule has 0 radical (unpaired) electrons. The fourth-order valence-corrected chi connectivity index (χ4v) is 6.78. The van der Waals surface area contributed by atoms with E-state index in [1.165, 1.54) is 11.1 Å². The number of hydrogen-bond acceptors (Lipinski definition) is 8. The first kappa shape index (κ1) is 33.7. The molecule has 3 aliphatic rings. The van der Waals surface area contributed by atoms with Crippen LogP contribution in [-0.4, -0.2) is 92.6 Å². The highest BCUT2D eigenvalue weighted by Gasteiger charge is 2.41. The molecule has 250 valence electrons. The topological polar surface area (TPSA) is 87.2 Å². The van der Waals surface area contributed by atoms with Crippen LogP contribution in [0.5, 0.6) is 5.75 Å². The third kappa shape index (κ3) is 7.17. The van der Waals surface area contributed by atoms with Crippen molar-refractivity contribution >= 4 is 37.3 Å². The molecule has 2 aromatic carbocycles. The molecule has 3 heterocycles. The lowest BCUT2D eigenvalue weighted by Crippen LogP contribution is -2.59. The van der Waals surface area contributed by atoms with Gasteiger partial charge in [-0.25, -0.2) is 14.2 Å². The summed E-state index contributed by atoms with van der Waals surface area (Å²) in [4.78, 5) is 32.5. The molecular formula is C34H48FN5O5Si. The minimum atomic E-state index is -1.27. The molecular weight excluding hydrogens is 605 g/mol.